The summed E-state index contributed by atoms with van der Waals surface area (Å²) in [6.07, 6.45) is -0.183. The fourth-order valence-corrected chi connectivity index (χ4v) is 3.31. The van der Waals surface area contributed by atoms with E-state index in [-0.39, 0.29) is 39.1 Å². The van der Waals surface area contributed by atoms with Gasteiger partial charge in [-0.2, -0.15) is 0 Å². The van der Waals surface area contributed by atoms with Crippen molar-refractivity contribution in [3.05, 3.63) is 29.8 Å². The van der Waals surface area contributed by atoms with E-state index in [1.165, 1.54) is 34.1 Å². The normalized spacial score (nSPS) is 11.0. The van der Waals surface area contributed by atoms with Gasteiger partial charge in [0.1, 0.15) is 0 Å². The molecule has 0 aliphatic carbocycles. The van der Waals surface area contributed by atoms with Crippen molar-refractivity contribution in [2.75, 3.05) is 64.2 Å². The molecule has 0 aliphatic heterocycles. The van der Waals surface area contributed by atoms with Crippen LogP contribution in [0, 0.1) is 0 Å². The minimum absolute atomic E-state index is 0.00469. The van der Waals surface area contributed by atoms with E-state index in [4.69, 9.17) is 15.3 Å². The Balaban J connectivity index is 2.76. The van der Waals surface area contributed by atoms with Crippen molar-refractivity contribution in [1.82, 2.24) is 14.7 Å². The molecule has 1 amide bonds. The zero-order chi connectivity index (χ0) is 28.0. The van der Waals surface area contributed by atoms with Crippen LogP contribution in [-0.2, 0) is 35.2 Å². The molecule has 0 saturated heterocycles. The summed E-state index contributed by atoms with van der Waals surface area (Å²) in [7, 11) is 0. The highest BCUT2D eigenvalue weighted by atomic mass is 16.4. The molecular weight excluding hydrogens is 496 g/mol. The maximum atomic E-state index is 12.4. The predicted molar refractivity (Wildman–Crippen MR) is 126 cm³/mol. The van der Waals surface area contributed by atoms with Crippen molar-refractivity contribution in [2.45, 2.75) is 6.42 Å². The average Bonchev–Trinajstić information content (AvgIpc) is 2.74. The number of anilines is 1. The zero-order valence-corrected chi connectivity index (χ0v) is 19.9. The van der Waals surface area contributed by atoms with Crippen LogP contribution >= 0.6 is 0 Å². The third-order valence-corrected chi connectivity index (χ3v) is 4.86. The number of carboxylic acids is 5. The largest absolute Gasteiger partial charge is 0.481 e. The van der Waals surface area contributed by atoms with Gasteiger partial charge in [-0.1, -0.05) is 12.1 Å². The Bertz CT molecular complexity index is 952. The lowest BCUT2D eigenvalue weighted by Gasteiger charge is -2.27. The van der Waals surface area contributed by atoms with E-state index in [2.05, 4.69) is 5.32 Å². The van der Waals surface area contributed by atoms with Crippen LogP contribution in [0.15, 0.2) is 24.3 Å². The first kappa shape index (κ1) is 31.0. The van der Waals surface area contributed by atoms with Crippen LogP contribution < -0.4 is 5.32 Å². The topological polar surface area (TPSA) is 225 Å². The fraction of sp³-hybridized carbons (Fsp3) is 0.455. The molecule has 0 saturated carbocycles. The van der Waals surface area contributed by atoms with Crippen LogP contribution in [0.3, 0.4) is 0 Å². The smallest absolute Gasteiger partial charge is 0.317 e. The van der Waals surface area contributed by atoms with Crippen LogP contribution in [0.5, 0.6) is 0 Å². The second-order valence-electron chi connectivity index (χ2n) is 8.09. The summed E-state index contributed by atoms with van der Waals surface area (Å²) in [4.78, 5) is 71.4. The summed E-state index contributed by atoms with van der Waals surface area (Å²) < 4.78 is 0. The van der Waals surface area contributed by atoms with Crippen LogP contribution in [0.1, 0.15) is 5.56 Å². The molecule has 1 aromatic carbocycles. The van der Waals surface area contributed by atoms with Crippen molar-refractivity contribution >= 4 is 41.4 Å². The molecule has 6 N–H and O–H groups in total. The summed E-state index contributed by atoms with van der Waals surface area (Å²) >= 11 is 0. The molecule has 0 atom stereocenters. The number of amides is 1. The molecule has 0 heterocycles. The Morgan fingerprint density at radius 1 is 0.541 bits per heavy atom. The molecule has 0 bridgehead atoms. The summed E-state index contributed by atoms with van der Waals surface area (Å²) in [6.45, 7) is -2.54. The highest BCUT2D eigenvalue weighted by Crippen LogP contribution is 2.10. The number of hydrogen-bond donors (Lipinski definition) is 6. The Labute approximate surface area is 211 Å². The maximum absolute atomic E-state index is 12.4. The zero-order valence-electron chi connectivity index (χ0n) is 19.9. The second kappa shape index (κ2) is 15.8. The minimum Gasteiger partial charge on any atom is -0.481 e. The summed E-state index contributed by atoms with van der Waals surface area (Å²) in [5.41, 5.74) is 0.903. The molecule has 37 heavy (non-hydrogen) atoms. The molecule has 1 aromatic rings. The van der Waals surface area contributed by atoms with Gasteiger partial charge >= 0.3 is 29.8 Å². The van der Waals surface area contributed by atoms with E-state index in [0.29, 0.717) is 11.3 Å². The van der Waals surface area contributed by atoms with Crippen LogP contribution in [0.25, 0.3) is 0 Å². The monoisotopic (exact) mass is 526 g/mol. The number of rotatable bonds is 19. The highest BCUT2D eigenvalue weighted by molar-refractivity contribution is 5.92. The number of benzene rings is 1. The lowest BCUT2D eigenvalue weighted by atomic mass is 10.1. The van der Waals surface area contributed by atoms with E-state index in [1.54, 1.807) is 0 Å². The number of nitrogens with one attached hydrogen (secondary N) is 1. The molecule has 0 fully saturated rings. The van der Waals surface area contributed by atoms with Gasteiger partial charge in [-0.05, 0) is 17.7 Å². The van der Waals surface area contributed by atoms with Gasteiger partial charge in [0.05, 0.1) is 39.1 Å². The first-order chi connectivity index (χ1) is 17.3. The SMILES string of the molecule is O=C(O)Cc1ccc(NC(=O)CN(CCN(CCN(CC(=O)O)CC(=O)O)CC(=O)O)CC(=O)O)cc1. The summed E-state index contributed by atoms with van der Waals surface area (Å²) in [5, 5.41) is 47.6. The number of carbonyl (C=O) groups excluding carboxylic acids is 1. The average molecular weight is 526 g/mol. The quantitative estimate of drug-likeness (QED) is 0.121. The summed E-state index contributed by atoms with van der Waals surface area (Å²) in [5.74, 6) is -6.47. The van der Waals surface area contributed by atoms with Gasteiger partial charge in [-0.3, -0.25) is 43.5 Å². The second-order valence-corrected chi connectivity index (χ2v) is 8.09. The van der Waals surface area contributed by atoms with Gasteiger partial charge in [0.25, 0.3) is 0 Å². The molecule has 15 heteroatoms. The minimum atomic E-state index is -1.25. The fourth-order valence-electron chi connectivity index (χ4n) is 3.31. The van der Waals surface area contributed by atoms with Crippen LogP contribution in [-0.4, -0.2) is 135 Å². The van der Waals surface area contributed by atoms with Crippen molar-refractivity contribution < 1.29 is 54.3 Å². The molecule has 1 rings (SSSR count). The molecule has 0 aliphatic rings. The van der Waals surface area contributed by atoms with E-state index in [9.17, 15) is 39.0 Å². The number of carboxylic acid groups (broad SMARTS) is 5. The number of nitrogens with zero attached hydrogens (tertiary/aromatic N) is 3. The Morgan fingerprint density at radius 3 is 1.32 bits per heavy atom. The van der Waals surface area contributed by atoms with Crippen molar-refractivity contribution in [3.63, 3.8) is 0 Å². The van der Waals surface area contributed by atoms with Crippen LogP contribution in [0.4, 0.5) is 5.69 Å². The lowest BCUT2D eigenvalue weighted by Crippen LogP contribution is -2.46. The molecule has 15 nitrogen and oxygen atoms in total. The molecular formula is C22H30N4O11. The molecule has 0 unspecified atom stereocenters. The van der Waals surface area contributed by atoms with Crippen molar-refractivity contribution in [3.8, 4) is 0 Å². The van der Waals surface area contributed by atoms with Gasteiger partial charge in [-0.25, -0.2) is 0 Å². The van der Waals surface area contributed by atoms with E-state index < -0.39 is 61.9 Å². The van der Waals surface area contributed by atoms with Gasteiger partial charge in [0.15, 0.2) is 0 Å². The number of hydrogen-bond acceptors (Lipinski definition) is 9. The van der Waals surface area contributed by atoms with Gasteiger partial charge < -0.3 is 30.8 Å². The predicted octanol–water partition coefficient (Wildman–Crippen LogP) is -1.50. The third kappa shape index (κ3) is 14.8. The number of aliphatic carboxylic acids is 5. The maximum Gasteiger partial charge on any atom is 0.317 e. The van der Waals surface area contributed by atoms with E-state index in [0.717, 1.165) is 4.90 Å². The Hall–Kier alpha value is -4.08. The molecule has 204 valence electrons. The molecule has 0 spiro atoms. The van der Waals surface area contributed by atoms with Crippen molar-refractivity contribution in [2.24, 2.45) is 0 Å². The van der Waals surface area contributed by atoms with Gasteiger partial charge in [0, 0.05) is 31.9 Å². The third-order valence-electron chi connectivity index (χ3n) is 4.86. The highest BCUT2D eigenvalue weighted by Gasteiger charge is 2.19. The Morgan fingerprint density at radius 2 is 0.919 bits per heavy atom. The Kier molecular flexibility index (Phi) is 13.2. The van der Waals surface area contributed by atoms with Crippen molar-refractivity contribution in [1.29, 1.82) is 0 Å². The first-order valence-electron chi connectivity index (χ1n) is 11.0. The van der Waals surface area contributed by atoms with Gasteiger partial charge in [0.2, 0.25) is 5.91 Å². The standard InChI is InChI=1S/C22H30N4O11/c27-17(23-16-3-1-15(2-4-16)9-18(28)29)10-25(12-20(32)33)7-5-24(11-19(30)31)6-8-26(13-21(34)35)14-22(36)37/h1-4H,5-14H2,(H,23,27)(H,28,29)(H,30,31)(H,32,33)(H,34,35)(H,36,37). The summed E-state index contributed by atoms with van der Waals surface area (Å²) in [6, 6.07) is 6.07. The number of carbonyl (C=O) groups is 6. The van der Waals surface area contributed by atoms with Gasteiger partial charge in [-0.15, -0.1) is 0 Å². The molecule has 0 aromatic heterocycles. The first-order valence-corrected chi connectivity index (χ1v) is 11.0. The van der Waals surface area contributed by atoms with E-state index >= 15 is 0 Å². The lowest BCUT2D eigenvalue weighted by molar-refractivity contribution is -0.143. The molecule has 0 radical (unpaired) electrons. The van der Waals surface area contributed by atoms with Crippen LogP contribution in [0.2, 0.25) is 0 Å². The van der Waals surface area contributed by atoms with E-state index in [1.807, 2.05) is 0 Å².